The number of fused-ring (bicyclic) bond motifs is 3. The van der Waals surface area contributed by atoms with E-state index in [1.54, 1.807) is 18.4 Å². The first-order valence-corrected chi connectivity index (χ1v) is 5.88. The fraction of sp³-hybridized carbons (Fsp3) is 0.111. The van der Waals surface area contributed by atoms with Crippen LogP contribution in [0.2, 0.25) is 0 Å². The van der Waals surface area contributed by atoms with Gasteiger partial charge in [-0.25, -0.2) is 4.98 Å². The van der Waals surface area contributed by atoms with E-state index in [2.05, 4.69) is 21.3 Å². The molecule has 0 atom stereocenters. The molecule has 0 saturated carbocycles. The van der Waals surface area contributed by atoms with E-state index in [0.29, 0.717) is 0 Å². The molecule has 1 aromatic carbocycles. The second-order valence-electron chi connectivity index (χ2n) is 2.89. The van der Waals surface area contributed by atoms with E-state index in [0.717, 1.165) is 19.1 Å². The lowest BCUT2D eigenvalue weighted by atomic mass is 10.3. The van der Waals surface area contributed by atoms with E-state index in [-0.39, 0.29) is 0 Å². The smallest absolute Gasteiger partial charge is 0.198 e. The van der Waals surface area contributed by atoms with Crippen LogP contribution in [0.4, 0.5) is 0 Å². The number of methoxy groups -OCH3 is 1. The maximum Gasteiger partial charge on any atom is 0.198 e. The molecule has 14 heavy (non-hydrogen) atoms. The number of thiazole rings is 1. The van der Waals surface area contributed by atoms with Gasteiger partial charge in [-0.3, -0.25) is 4.16 Å². The first-order chi connectivity index (χ1) is 6.88. The molecule has 3 nitrogen and oxygen atoms in total. The average molecular weight is 222 g/mol. The van der Waals surface area contributed by atoms with Crippen molar-refractivity contribution in [1.29, 1.82) is 0 Å². The van der Waals surface area contributed by atoms with Crippen molar-refractivity contribution >= 4 is 34.9 Å². The van der Waals surface area contributed by atoms with Crippen LogP contribution in [-0.4, -0.2) is 16.3 Å². The van der Waals surface area contributed by atoms with E-state index in [4.69, 9.17) is 4.74 Å². The largest absolute Gasteiger partial charge is 0.497 e. The molecular weight excluding hydrogens is 215 g/mol. The van der Waals surface area contributed by atoms with E-state index < -0.39 is 0 Å². The van der Waals surface area contributed by atoms with Gasteiger partial charge in [0.1, 0.15) is 5.75 Å². The summed E-state index contributed by atoms with van der Waals surface area (Å²) in [7, 11) is 2.82. The molecule has 0 radical (unpaired) electrons. The van der Waals surface area contributed by atoms with Crippen LogP contribution >= 0.6 is 19.7 Å². The standard InChI is InChI=1S/C9H7N2OPS/c1-12-6-2-3-7-8(4-6)14-9-10-5-13-11(7)9/h2-5H,1H3. The summed E-state index contributed by atoms with van der Waals surface area (Å²) in [6.07, 6.45) is 0. The first kappa shape index (κ1) is 8.21. The molecule has 0 fully saturated rings. The van der Waals surface area contributed by atoms with Crippen molar-refractivity contribution in [3.8, 4) is 5.75 Å². The van der Waals surface area contributed by atoms with Crippen LogP contribution in [0.15, 0.2) is 24.1 Å². The highest BCUT2D eigenvalue weighted by atomic mass is 32.1. The van der Waals surface area contributed by atoms with Crippen molar-refractivity contribution in [2.24, 2.45) is 0 Å². The minimum Gasteiger partial charge on any atom is -0.497 e. The zero-order valence-electron chi connectivity index (χ0n) is 7.47. The molecule has 0 N–H and O–H groups in total. The lowest BCUT2D eigenvalue weighted by Crippen LogP contribution is -1.81. The summed E-state index contributed by atoms with van der Waals surface area (Å²) in [6.45, 7) is 0. The summed E-state index contributed by atoms with van der Waals surface area (Å²) < 4.78 is 8.59. The molecule has 3 aromatic rings. The van der Waals surface area contributed by atoms with Crippen LogP contribution in [0.3, 0.4) is 0 Å². The summed E-state index contributed by atoms with van der Waals surface area (Å²) >= 11 is 1.69. The Morgan fingerprint density at radius 2 is 2.43 bits per heavy atom. The molecule has 0 saturated heterocycles. The van der Waals surface area contributed by atoms with Gasteiger partial charge in [0, 0.05) is 8.35 Å². The molecule has 70 valence electrons. The average Bonchev–Trinajstić information content (AvgIpc) is 2.75. The van der Waals surface area contributed by atoms with E-state index in [9.17, 15) is 0 Å². The monoisotopic (exact) mass is 222 g/mol. The normalized spacial score (nSPS) is 11.8. The predicted molar refractivity (Wildman–Crippen MR) is 59.6 cm³/mol. The minimum absolute atomic E-state index is 0.902. The Labute approximate surface area is 86.1 Å². The molecule has 2 aromatic heterocycles. The Morgan fingerprint density at radius 1 is 1.50 bits per heavy atom. The Kier molecular flexibility index (Phi) is 1.72. The second-order valence-corrected chi connectivity index (χ2v) is 4.76. The highest BCUT2D eigenvalue weighted by molar-refractivity contribution is 7.30. The van der Waals surface area contributed by atoms with Gasteiger partial charge >= 0.3 is 0 Å². The highest BCUT2D eigenvalue weighted by Crippen LogP contribution is 2.31. The Bertz CT molecular complexity index is 601. The summed E-state index contributed by atoms with van der Waals surface area (Å²) in [4.78, 5) is 5.36. The number of hydrogen-bond donors (Lipinski definition) is 0. The van der Waals surface area contributed by atoms with Gasteiger partial charge in [0.15, 0.2) is 4.96 Å². The van der Waals surface area contributed by atoms with Gasteiger partial charge in [0.2, 0.25) is 0 Å². The van der Waals surface area contributed by atoms with Gasteiger partial charge in [-0.05, 0) is 18.2 Å². The van der Waals surface area contributed by atoms with Gasteiger partial charge in [0.05, 0.1) is 23.3 Å². The SMILES string of the molecule is COc1ccc2c(c1)sc1ncpn12. The van der Waals surface area contributed by atoms with Gasteiger partial charge in [-0.1, -0.05) is 11.3 Å². The van der Waals surface area contributed by atoms with Crippen molar-refractivity contribution in [2.75, 3.05) is 7.11 Å². The summed E-state index contributed by atoms with van der Waals surface area (Å²) in [6, 6.07) is 6.11. The molecule has 0 bridgehead atoms. The zero-order chi connectivity index (χ0) is 9.54. The van der Waals surface area contributed by atoms with Gasteiger partial charge in [-0.2, -0.15) is 0 Å². The Balaban J connectivity index is 2.43. The van der Waals surface area contributed by atoms with Crippen LogP contribution in [0, 0.1) is 0 Å². The van der Waals surface area contributed by atoms with Crippen LogP contribution in [0.1, 0.15) is 0 Å². The van der Waals surface area contributed by atoms with Crippen LogP contribution in [0.25, 0.3) is 15.2 Å². The topological polar surface area (TPSA) is 26.5 Å². The Hall–Kier alpha value is -1.12. The van der Waals surface area contributed by atoms with Crippen LogP contribution < -0.4 is 4.74 Å². The van der Waals surface area contributed by atoms with E-state index in [1.165, 1.54) is 10.2 Å². The molecule has 0 spiro atoms. The maximum atomic E-state index is 5.18. The Morgan fingerprint density at radius 3 is 3.29 bits per heavy atom. The molecule has 5 heteroatoms. The molecule has 0 aliphatic rings. The summed E-state index contributed by atoms with van der Waals surface area (Å²) in [5, 5.41) is 0. The fourth-order valence-corrected chi connectivity index (χ4v) is 3.49. The first-order valence-electron chi connectivity index (χ1n) is 4.15. The van der Waals surface area contributed by atoms with Crippen molar-refractivity contribution in [3.05, 3.63) is 24.1 Å². The van der Waals surface area contributed by atoms with E-state index in [1.807, 2.05) is 12.0 Å². The van der Waals surface area contributed by atoms with Gasteiger partial charge in [0.25, 0.3) is 0 Å². The predicted octanol–water partition coefficient (Wildman–Crippen LogP) is 3.14. The van der Waals surface area contributed by atoms with Crippen molar-refractivity contribution in [1.82, 2.24) is 9.15 Å². The van der Waals surface area contributed by atoms with Crippen molar-refractivity contribution < 1.29 is 4.74 Å². The summed E-state index contributed by atoms with van der Waals surface area (Å²) in [5.74, 6) is 2.81. The third-order valence-electron chi connectivity index (χ3n) is 2.11. The highest BCUT2D eigenvalue weighted by Gasteiger charge is 2.05. The number of hydrogen-bond acceptors (Lipinski definition) is 3. The zero-order valence-corrected chi connectivity index (χ0v) is 9.18. The van der Waals surface area contributed by atoms with Gasteiger partial charge in [-0.15, -0.1) is 0 Å². The third-order valence-corrected chi connectivity index (χ3v) is 4.12. The number of benzene rings is 1. The number of ether oxygens (including phenoxy) is 1. The van der Waals surface area contributed by atoms with Crippen molar-refractivity contribution in [3.63, 3.8) is 0 Å². The lowest BCUT2D eigenvalue weighted by Gasteiger charge is -1.97. The number of aromatic nitrogens is 2. The second kappa shape index (κ2) is 2.94. The molecule has 0 unspecified atom stereocenters. The molecular formula is C9H7N2OPS. The van der Waals surface area contributed by atoms with E-state index >= 15 is 0 Å². The molecule has 2 heterocycles. The quantitative estimate of drug-likeness (QED) is 0.632. The van der Waals surface area contributed by atoms with Crippen LogP contribution in [0.5, 0.6) is 5.75 Å². The minimum atomic E-state index is 0.902. The molecule has 0 aliphatic heterocycles. The van der Waals surface area contributed by atoms with Gasteiger partial charge < -0.3 is 4.74 Å². The molecule has 3 rings (SSSR count). The lowest BCUT2D eigenvalue weighted by molar-refractivity contribution is 0.415. The maximum absolute atomic E-state index is 5.18. The number of nitrogens with zero attached hydrogens (tertiary/aromatic N) is 2. The summed E-state index contributed by atoms with van der Waals surface area (Å²) in [5.41, 5.74) is 1.23. The third kappa shape index (κ3) is 1.04. The molecule has 0 aliphatic carbocycles. The van der Waals surface area contributed by atoms with Crippen molar-refractivity contribution in [2.45, 2.75) is 0 Å². The fourth-order valence-electron chi connectivity index (χ4n) is 1.44. The number of rotatable bonds is 1. The molecule has 0 amide bonds. The van der Waals surface area contributed by atoms with Crippen LogP contribution in [-0.2, 0) is 0 Å².